The standard InChI is InChI=1S/C13H20N2O2S/c1-3-4-10-5-6-15(8-10)13-14-11(9-18-13)7-12(16)17-2/h9-10H,3-8H2,1-2H3. The van der Waals surface area contributed by atoms with E-state index in [2.05, 4.69) is 21.5 Å². The summed E-state index contributed by atoms with van der Waals surface area (Å²) in [6.45, 7) is 4.44. The smallest absolute Gasteiger partial charge is 0.311 e. The summed E-state index contributed by atoms with van der Waals surface area (Å²) in [5.41, 5.74) is 0.820. The molecule has 1 aromatic rings. The lowest BCUT2D eigenvalue weighted by atomic mass is 10.0. The van der Waals surface area contributed by atoms with Crippen molar-refractivity contribution in [1.29, 1.82) is 0 Å². The highest BCUT2D eigenvalue weighted by Gasteiger charge is 2.24. The van der Waals surface area contributed by atoms with Crippen molar-refractivity contribution in [2.45, 2.75) is 32.6 Å². The van der Waals surface area contributed by atoms with E-state index in [0.29, 0.717) is 0 Å². The van der Waals surface area contributed by atoms with E-state index in [4.69, 9.17) is 0 Å². The SMILES string of the molecule is CCCC1CCN(c2nc(CC(=O)OC)cs2)C1. The van der Waals surface area contributed by atoms with Gasteiger partial charge in [0, 0.05) is 18.5 Å². The van der Waals surface area contributed by atoms with Crippen LogP contribution in [0.5, 0.6) is 0 Å². The Labute approximate surface area is 112 Å². The number of methoxy groups -OCH3 is 1. The molecule has 0 aromatic carbocycles. The highest BCUT2D eigenvalue weighted by atomic mass is 32.1. The molecule has 1 atom stereocenters. The first kappa shape index (κ1) is 13.3. The summed E-state index contributed by atoms with van der Waals surface area (Å²) in [5, 5.41) is 3.01. The quantitative estimate of drug-likeness (QED) is 0.769. The zero-order valence-corrected chi connectivity index (χ0v) is 11.8. The molecule has 2 heterocycles. The number of nitrogens with zero attached hydrogens (tertiary/aromatic N) is 2. The van der Waals surface area contributed by atoms with Crippen molar-refractivity contribution >= 4 is 22.4 Å². The minimum Gasteiger partial charge on any atom is -0.469 e. The van der Waals surface area contributed by atoms with Crippen LogP contribution in [0.1, 0.15) is 31.9 Å². The van der Waals surface area contributed by atoms with Crippen LogP contribution in [0.3, 0.4) is 0 Å². The van der Waals surface area contributed by atoms with Gasteiger partial charge in [0.15, 0.2) is 5.13 Å². The third-order valence-electron chi connectivity index (χ3n) is 3.35. The predicted octanol–water partition coefficient (Wildman–Crippen LogP) is 2.49. The van der Waals surface area contributed by atoms with Gasteiger partial charge in [-0.05, 0) is 18.8 Å². The maximum atomic E-state index is 11.2. The Balaban J connectivity index is 1.92. The Morgan fingerprint density at radius 1 is 1.67 bits per heavy atom. The average molecular weight is 268 g/mol. The number of ether oxygens (including phenoxy) is 1. The van der Waals surface area contributed by atoms with Crippen LogP contribution in [-0.4, -0.2) is 31.2 Å². The molecule has 4 nitrogen and oxygen atoms in total. The molecular formula is C13H20N2O2S. The van der Waals surface area contributed by atoms with E-state index in [9.17, 15) is 4.79 Å². The molecule has 0 spiro atoms. The molecule has 2 rings (SSSR count). The third-order valence-corrected chi connectivity index (χ3v) is 4.30. The van der Waals surface area contributed by atoms with Gasteiger partial charge in [-0.1, -0.05) is 13.3 Å². The fourth-order valence-corrected chi connectivity index (χ4v) is 3.26. The minimum atomic E-state index is -0.225. The van der Waals surface area contributed by atoms with E-state index in [-0.39, 0.29) is 12.4 Å². The number of esters is 1. The molecule has 1 unspecified atom stereocenters. The van der Waals surface area contributed by atoms with Gasteiger partial charge in [-0.25, -0.2) is 4.98 Å². The fraction of sp³-hybridized carbons (Fsp3) is 0.692. The topological polar surface area (TPSA) is 42.4 Å². The number of rotatable bonds is 5. The van der Waals surface area contributed by atoms with Crippen LogP contribution in [0.4, 0.5) is 5.13 Å². The molecular weight excluding hydrogens is 248 g/mol. The second-order valence-corrected chi connectivity index (χ2v) is 5.60. The van der Waals surface area contributed by atoms with Crippen LogP contribution in [-0.2, 0) is 16.0 Å². The van der Waals surface area contributed by atoms with E-state index in [0.717, 1.165) is 29.8 Å². The van der Waals surface area contributed by atoms with E-state index in [1.807, 2.05) is 5.38 Å². The van der Waals surface area contributed by atoms with Crippen molar-refractivity contribution in [2.24, 2.45) is 5.92 Å². The molecule has 1 fully saturated rings. The Morgan fingerprint density at radius 2 is 2.50 bits per heavy atom. The number of carbonyl (C=O) groups is 1. The zero-order chi connectivity index (χ0) is 13.0. The Morgan fingerprint density at radius 3 is 3.22 bits per heavy atom. The molecule has 0 bridgehead atoms. The number of anilines is 1. The van der Waals surface area contributed by atoms with Crippen LogP contribution in [0, 0.1) is 5.92 Å². The van der Waals surface area contributed by atoms with Crippen LogP contribution >= 0.6 is 11.3 Å². The molecule has 5 heteroatoms. The fourth-order valence-electron chi connectivity index (χ4n) is 2.39. The molecule has 1 saturated heterocycles. The van der Waals surface area contributed by atoms with Gasteiger partial charge < -0.3 is 9.64 Å². The monoisotopic (exact) mass is 268 g/mol. The largest absolute Gasteiger partial charge is 0.469 e. The van der Waals surface area contributed by atoms with Crippen molar-refractivity contribution in [3.05, 3.63) is 11.1 Å². The van der Waals surface area contributed by atoms with Gasteiger partial charge >= 0.3 is 5.97 Å². The van der Waals surface area contributed by atoms with Crippen LogP contribution in [0.25, 0.3) is 0 Å². The molecule has 1 aliphatic heterocycles. The van der Waals surface area contributed by atoms with Gasteiger partial charge in [0.25, 0.3) is 0 Å². The van der Waals surface area contributed by atoms with E-state index >= 15 is 0 Å². The lowest BCUT2D eigenvalue weighted by molar-refractivity contribution is -0.139. The number of thiazole rings is 1. The summed E-state index contributed by atoms with van der Waals surface area (Å²) in [4.78, 5) is 18.0. The first-order chi connectivity index (χ1) is 8.72. The van der Waals surface area contributed by atoms with Crippen LogP contribution < -0.4 is 4.90 Å². The summed E-state index contributed by atoms with van der Waals surface area (Å²) in [6, 6.07) is 0. The van der Waals surface area contributed by atoms with Gasteiger partial charge in [0.1, 0.15) is 0 Å². The van der Waals surface area contributed by atoms with Crippen molar-refractivity contribution in [3.63, 3.8) is 0 Å². The van der Waals surface area contributed by atoms with E-state index in [1.165, 1.54) is 26.4 Å². The van der Waals surface area contributed by atoms with E-state index < -0.39 is 0 Å². The lowest BCUT2D eigenvalue weighted by Gasteiger charge is -2.14. The summed E-state index contributed by atoms with van der Waals surface area (Å²) in [6.07, 6.45) is 4.10. The number of carbonyl (C=O) groups excluding carboxylic acids is 1. The van der Waals surface area contributed by atoms with Crippen LogP contribution in [0.15, 0.2) is 5.38 Å². The van der Waals surface area contributed by atoms with Crippen molar-refractivity contribution in [3.8, 4) is 0 Å². The molecule has 1 aromatic heterocycles. The average Bonchev–Trinajstić information content (AvgIpc) is 2.98. The summed E-state index contributed by atoms with van der Waals surface area (Å²) < 4.78 is 4.65. The van der Waals surface area contributed by atoms with Gasteiger partial charge in [0.05, 0.1) is 19.2 Å². The van der Waals surface area contributed by atoms with Gasteiger partial charge in [-0.15, -0.1) is 11.3 Å². The Hall–Kier alpha value is -1.10. The molecule has 100 valence electrons. The van der Waals surface area contributed by atoms with Gasteiger partial charge in [-0.2, -0.15) is 0 Å². The van der Waals surface area contributed by atoms with Crippen LogP contribution in [0.2, 0.25) is 0 Å². The third kappa shape index (κ3) is 3.22. The molecule has 0 aliphatic carbocycles. The molecule has 0 radical (unpaired) electrons. The molecule has 0 N–H and O–H groups in total. The van der Waals surface area contributed by atoms with Crippen molar-refractivity contribution < 1.29 is 9.53 Å². The highest BCUT2D eigenvalue weighted by Crippen LogP contribution is 2.29. The van der Waals surface area contributed by atoms with Crippen molar-refractivity contribution in [2.75, 3.05) is 25.1 Å². The highest BCUT2D eigenvalue weighted by molar-refractivity contribution is 7.13. The number of aromatic nitrogens is 1. The van der Waals surface area contributed by atoms with Gasteiger partial charge in [0.2, 0.25) is 0 Å². The lowest BCUT2D eigenvalue weighted by Crippen LogP contribution is -2.19. The normalized spacial score (nSPS) is 19.2. The first-order valence-electron chi connectivity index (χ1n) is 6.49. The second kappa shape index (κ2) is 6.18. The summed E-state index contributed by atoms with van der Waals surface area (Å²) in [7, 11) is 1.41. The maximum Gasteiger partial charge on any atom is 0.311 e. The van der Waals surface area contributed by atoms with Crippen molar-refractivity contribution in [1.82, 2.24) is 4.98 Å². The molecule has 0 amide bonds. The minimum absolute atomic E-state index is 0.225. The number of hydrogen-bond donors (Lipinski definition) is 0. The summed E-state index contributed by atoms with van der Waals surface area (Å²) in [5.74, 6) is 0.583. The molecule has 18 heavy (non-hydrogen) atoms. The zero-order valence-electron chi connectivity index (χ0n) is 11.0. The predicted molar refractivity (Wildman–Crippen MR) is 73.1 cm³/mol. The maximum absolute atomic E-state index is 11.2. The molecule has 1 aliphatic rings. The summed E-state index contributed by atoms with van der Waals surface area (Å²) >= 11 is 1.63. The number of hydrogen-bond acceptors (Lipinski definition) is 5. The van der Waals surface area contributed by atoms with Gasteiger partial charge in [-0.3, -0.25) is 4.79 Å². The molecule has 0 saturated carbocycles. The Kier molecular flexibility index (Phi) is 4.58. The second-order valence-electron chi connectivity index (χ2n) is 4.76. The van der Waals surface area contributed by atoms with E-state index in [1.54, 1.807) is 11.3 Å². The Bertz CT molecular complexity index is 405. The first-order valence-corrected chi connectivity index (χ1v) is 7.37.